The maximum Gasteiger partial charge on any atom is 0.191 e. The zero-order chi connectivity index (χ0) is 18.2. The minimum Gasteiger partial charge on any atom is -0.497 e. The molecule has 2 aromatic carbocycles. The van der Waals surface area contributed by atoms with Crippen LogP contribution in [0.4, 0.5) is 0 Å². The van der Waals surface area contributed by atoms with Crippen molar-refractivity contribution in [1.29, 1.82) is 0 Å². The second kappa shape index (κ2) is 11.3. The van der Waals surface area contributed by atoms with E-state index in [1.54, 1.807) is 7.11 Å². The lowest BCUT2D eigenvalue weighted by Gasteiger charge is -2.26. The zero-order valence-corrected chi connectivity index (χ0v) is 18.7. The number of hydrogen-bond acceptors (Lipinski definition) is 3. The Bertz CT molecular complexity index is 744. The third kappa shape index (κ3) is 6.53. The predicted octanol–water partition coefficient (Wildman–Crippen LogP) is 3.62. The van der Waals surface area contributed by atoms with E-state index in [9.17, 15) is 0 Å². The number of guanidine groups is 1. The lowest BCUT2D eigenvalue weighted by molar-refractivity contribution is 0.232. The van der Waals surface area contributed by atoms with Crippen molar-refractivity contribution in [3.63, 3.8) is 0 Å². The summed E-state index contributed by atoms with van der Waals surface area (Å²) in [6.45, 7) is 5.23. The Hall–Kier alpha value is -1.54. The van der Waals surface area contributed by atoms with Crippen molar-refractivity contribution in [1.82, 2.24) is 15.5 Å². The Balaban J connectivity index is 0.00000261. The van der Waals surface area contributed by atoms with Crippen LogP contribution in [0, 0.1) is 0 Å². The Morgan fingerprint density at radius 1 is 1.04 bits per heavy atom. The van der Waals surface area contributed by atoms with Gasteiger partial charge in [-0.05, 0) is 60.5 Å². The van der Waals surface area contributed by atoms with Crippen LogP contribution in [0.1, 0.15) is 24.8 Å². The highest BCUT2D eigenvalue weighted by Gasteiger charge is 2.09. The Morgan fingerprint density at radius 2 is 1.78 bits per heavy atom. The maximum absolute atomic E-state index is 5.29. The number of halogens is 1. The molecular formula is C21H31IN4O. The lowest BCUT2D eigenvalue weighted by atomic mass is 10.1. The summed E-state index contributed by atoms with van der Waals surface area (Å²) in [7, 11) is 3.52. The van der Waals surface area contributed by atoms with Gasteiger partial charge in [-0.25, -0.2) is 0 Å². The van der Waals surface area contributed by atoms with Gasteiger partial charge in [0.05, 0.1) is 7.11 Å². The molecule has 0 aliphatic carbocycles. The summed E-state index contributed by atoms with van der Waals surface area (Å²) in [5.41, 5.74) is 1.24. The van der Waals surface area contributed by atoms with E-state index < -0.39 is 0 Å². The second-order valence-electron chi connectivity index (χ2n) is 6.80. The van der Waals surface area contributed by atoms with Crippen molar-refractivity contribution in [3.8, 4) is 5.75 Å². The van der Waals surface area contributed by atoms with Gasteiger partial charge in [0.2, 0.25) is 0 Å². The van der Waals surface area contributed by atoms with Crippen molar-refractivity contribution >= 4 is 40.7 Å². The molecule has 0 saturated carbocycles. The average molecular weight is 482 g/mol. The standard InChI is InChI=1S/C21H30N4O.HI/c1-22-21(23-10-13-25-11-4-3-5-12-25)24-16-17-6-7-19-15-20(26-2)9-8-18(19)14-17;/h6-9,14-15H,3-5,10-13,16H2,1-2H3,(H2,22,23,24);1H. The van der Waals surface area contributed by atoms with E-state index in [1.807, 2.05) is 13.1 Å². The molecule has 148 valence electrons. The first kappa shape index (κ1) is 21.8. The second-order valence-corrected chi connectivity index (χ2v) is 6.80. The van der Waals surface area contributed by atoms with E-state index in [0.29, 0.717) is 0 Å². The number of benzene rings is 2. The summed E-state index contributed by atoms with van der Waals surface area (Å²) in [6, 6.07) is 12.7. The van der Waals surface area contributed by atoms with Gasteiger partial charge in [-0.3, -0.25) is 4.99 Å². The molecule has 0 spiro atoms. The summed E-state index contributed by atoms with van der Waals surface area (Å²) in [5, 5.41) is 9.24. The molecule has 3 rings (SSSR count). The number of ether oxygens (including phenoxy) is 1. The fraction of sp³-hybridized carbons (Fsp3) is 0.476. The van der Waals surface area contributed by atoms with Gasteiger partial charge in [0.15, 0.2) is 5.96 Å². The monoisotopic (exact) mass is 482 g/mol. The van der Waals surface area contributed by atoms with Crippen molar-refractivity contribution in [3.05, 3.63) is 42.0 Å². The first-order chi connectivity index (χ1) is 12.8. The average Bonchev–Trinajstić information content (AvgIpc) is 2.70. The van der Waals surface area contributed by atoms with Gasteiger partial charge >= 0.3 is 0 Å². The molecule has 0 radical (unpaired) electrons. The van der Waals surface area contributed by atoms with Crippen molar-refractivity contribution < 1.29 is 4.74 Å². The minimum atomic E-state index is 0. The third-order valence-electron chi connectivity index (χ3n) is 4.96. The number of aliphatic imine (C=N–C) groups is 1. The van der Waals surface area contributed by atoms with Crippen LogP contribution in [0.5, 0.6) is 5.75 Å². The van der Waals surface area contributed by atoms with E-state index in [0.717, 1.165) is 31.3 Å². The van der Waals surface area contributed by atoms with Crippen molar-refractivity contribution in [2.45, 2.75) is 25.8 Å². The van der Waals surface area contributed by atoms with E-state index in [4.69, 9.17) is 4.74 Å². The van der Waals surface area contributed by atoms with Crippen LogP contribution >= 0.6 is 24.0 Å². The van der Waals surface area contributed by atoms with Crippen molar-refractivity contribution in [2.24, 2.45) is 4.99 Å². The first-order valence-electron chi connectivity index (χ1n) is 9.52. The van der Waals surface area contributed by atoms with E-state index in [-0.39, 0.29) is 24.0 Å². The van der Waals surface area contributed by atoms with Gasteiger partial charge in [-0.15, -0.1) is 24.0 Å². The van der Waals surface area contributed by atoms with Crippen LogP contribution in [0.3, 0.4) is 0 Å². The smallest absolute Gasteiger partial charge is 0.191 e. The van der Waals surface area contributed by atoms with Gasteiger partial charge in [-0.1, -0.05) is 24.6 Å². The predicted molar refractivity (Wildman–Crippen MR) is 124 cm³/mol. The molecule has 1 heterocycles. The fourth-order valence-electron chi connectivity index (χ4n) is 3.43. The lowest BCUT2D eigenvalue weighted by Crippen LogP contribution is -2.42. The molecule has 2 N–H and O–H groups in total. The molecule has 0 amide bonds. The molecule has 0 atom stereocenters. The maximum atomic E-state index is 5.29. The van der Waals surface area contributed by atoms with Gasteiger partial charge in [0.1, 0.15) is 5.75 Å². The molecule has 0 aromatic heterocycles. The Morgan fingerprint density at radius 3 is 2.52 bits per heavy atom. The zero-order valence-electron chi connectivity index (χ0n) is 16.3. The molecule has 1 fully saturated rings. The first-order valence-corrected chi connectivity index (χ1v) is 9.52. The molecular weight excluding hydrogens is 451 g/mol. The van der Waals surface area contributed by atoms with E-state index in [2.05, 4.69) is 50.9 Å². The number of hydrogen-bond donors (Lipinski definition) is 2. The largest absolute Gasteiger partial charge is 0.497 e. The SMILES string of the molecule is CN=C(NCCN1CCCCC1)NCc1ccc2cc(OC)ccc2c1.I. The molecule has 6 heteroatoms. The minimum absolute atomic E-state index is 0. The van der Waals surface area contributed by atoms with Gasteiger partial charge in [-0.2, -0.15) is 0 Å². The fourth-order valence-corrected chi connectivity index (χ4v) is 3.43. The Labute approximate surface area is 179 Å². The highest BCUT2D eigenvalue weighted by Crippen LogP contribution is 2.21. The molecule has 5 nitrogen and oxygen atoms in total. The molecule has 0 unspecified atom stereocenters. The van der Waals surface area contributed by atoms with Crippen LogP contribution < -0.4 is 15.4 Å². The van der Waals surface area contributed by atoms with Crippen molar-refractivity contribution in [2.75, 3.05) is 40.3 Å². The number of methoxy groups -OCH3 is 1. The number of rotatable bonds is 6. The summed E-state index contributed by atoms with van der Waals surface area (Å²) >= 11 is 0. The molecule has 1 aliphatic rings. The molecule has 2 aromatic rings. The molecule has 1 saturated heterocycles. The quantitative estimate of drug-likeness (QED) is 0.375. The van der Waals surface area contributed by atoms with E-state index >= 15 is 0 Å². The van der Waals surface area contributed by atoms with Gasteiger partial charge in [0.25, 0.3) is 0 Å². The van der Waals surface area contributed by atoms with Gasteiger partial charge in [0, 0.05) is 26.7 Å². The topological polar surface area (TPSA) is 48.9 Å². The summed E-state index contributed by atoms with van der Waals surface area (Å²) in [5.74, 6) is 1.75. The highest BCUT2D eigenvalue weighted by molar-refractivity contribution is 14.0. The number of fused-ring (bicyclic) bond motifs is 1. The van der Waals surface area contributed by atoms with Gasteiger partial charge < -0.3 is 20.3 Å². The number of nitrogens with one attached hydrogen (secondary N) is 2. The molecule has 0 bridgehead atoms. The van der Waals surface area contributed by atoms with Crippen LogP contribution in [0.25, 0.3) is 10.8 Å². The van der Waals surface area contributed by atoms with Crippen LogP contribution in [0.2, 0.25) is 0 Å². The summed E-state index contributed by atoms with van der Waals surface area (Å²) in [4.78, 5) is 6.86. The number of likely N-dealkylation sites (tertiary alicyclic amines) is 1. The molecule has 1 aliphatic heterocycles. The van der Waals surface area contributed by atoms with Crippen LogP contribution in [-0.4, -0.2) is 51.2 Å². The number of piperidine rings is 1. The molecule has 27 heavy (non-hydrogen) atoms. The van der Waals surface area contributed by atoms with Crippen LogP contribution in [-0.2, 0) is 6.54 Å². The van der Waals surface area contributed by atoms with Crippen LogP contribution in [0.15, 0.2) is 41.4 Å². The number of nitrogens with zero attached hydrogens (tertiary/aromatic N) is 2. The Kier molecular flexibility index (Phi) is 9.14. The third-order valence-corrected chi connectivity index (χ3v) is 4.96. The van der Waals surface area contributed by atoms with E-state index in [1.165, 1.54) is 48.7 Å². The normalized spacial score (nSPS) is 15.3. The summed E-state index contributed by atoms with van der Waals surface area (Å²) in [6.07, 6.45) is 4.05. The highest BCUT2D eigenvalue weighted by atomic mass is 127. The summed E-state index contributed by atoms with van der Waals surface area (Å²) < 4.78 is 5.29.